The van der Waals surface area contributed by atoms with Gasteiger partial charge in [-0.05, 0) is 30.9 Å². The van der Waals surface area contributed by atoms with E-state index in [2.05, 4.69) is 21.5 Å². The molecule has 0 aliphatic carbocycles. The Morgan fingerprint density at radius 1 is 1.35 bits per heavy atom. The van der Waals surface area contributed by atoms with Gasteiger partial charge < -0.3 is 10.2 Å². The zero-order valence-corrected chi connectivity index (χ0v) is 11.9. The third-order valence-electron chi connectivity index (χ3n) is 2.54. The van der Waals surface area contributed by atoms with Crippen molar-refractivity contribution in [2.24, 2.45) is 5.84 Å². The highest BCUT2D eigenvalue weighted by atomic mass is 32.2. The van der Waals surface area contributed by atoms with E-state index in [4.69, 9.17) is 15.8 Å². The third-order valence-corrected chi connectivity index (χ3v) is 3.09. The van der Waals surface area contributed by atoms with Crippen molar-refractivity contribution < 1.29 is 4.74 Å². The van der Waals surface area contributed by atoms with Crippen LogP contribution in [0.4, 0.5) is 5.82 Å². The minimum absolute atomic E-state index is 0.371. The van der Waals surface area contributed by atoms with Crippen molar-refractivity contribution in [3.63, 3.8) is 0 Å². The molecule has 0 aliphatic heterocycles. The predicted octanol–water partition coefficient (Wildman–Crippen LogP) is 2.46. The number of nitrogen functional groups attached to an aromatic ring is 1. The van der Waals surface area contributed by atoms with Gasteiger partial charge in [-0.25, -0.2) is 10.8 Å². The Kier molecular flexibility index (Phi) is 4.40. The minimum atomic E-state index is 0.371. The standard InChI is InChI=1S/C13H13N5OS/c1-8-3-4-9(7-14)5-10(8)19-12-6-11(18-15)16-13(17-12)20-2/h3-6H,15H2,1-2H3,(H,16,17,18). The third kappa shape index (κ3) is 3.17. The molecular weight excluding hydrogens is 274 g/mol. The molecule has 0 saturated heterocycles. The second-order valence-electron chi connectivity index (χ2n) is 3.92. The van der Waals surface area contributed by atoms with Gasteiger partial charge in [0, 0.05) is 6.07 Å². The topological polar surface area (TPSA) is 96.9 Å². The van der Waals surface area contributed by atoms with Crippen molar-refractivity contribution in [2.45, 2.75) is 12.1 Å². The van der Waals surface area contributed by atoms with E-state index in [1.807, 2.05) is 19.2 Å². The van der Waals surface area contributed by atoms with Crippen LogP contribution >= 0.6 is 11.8 Å². The second kappa shape index (κ2) is 6.23. The van der Waals surface area contributed by atoms with Crippen LogP contribution in [0.15, 0.2) is 29.4 Å². The molecule has 20 heavy (non-hydrogen) atoms. The summed E-state index contributed by atoms with van der Waals surface area (Å²) in [6.45, 7) is 1.90. The van der Waals surface area contributed by atoms with Gasteiger partial charge in [0.15, 0.2) is 5.16 Å². The number of rotatable bonds is 4. The largest absolute Gasteiger partial charge is 0.438 e. The van der Waals surface area contributed by atoms with Crippen LogP contribution in [-0.4, -0.2) is 16.2 Å². The molecule has 0 bridgehead atoms. The van der Waals surface area contributed by atoms with Crippen LogP contribution in [0.5, 0.6) is 11.6 Å². The molecule has 102 valence electrons. The van der Waals surface area contributed by atoms with Gasteiger partial charge in [0.2, 0.25) is 5.88 Å². The average Bonchev–Trinajstić information content (AvgIpc) is 2.49. The van der Waals surface area contributed by atoms with Crippen LogP contribution in [0, 0.1) is 18.3 Å². The number of aryl methyl sites for hydroxylation is 1. The Morgan fingerprint density at radius 2 is 2.15 bits per heavy atom. The maximum Gasteiger partial charge on any atom is 0.225 e. The van der Waals surface area contributed by atoms with E-state index < -0.39 is 0 Å². The van der Waals surface area contributed by atoms with Crippen molar-refractivity contribution in [1.29, 1.82) is 5.26 Å². The fourth-order valence-electron chi connectivity index (χ4n) is 1.51. The first-order chi connectivity index (χ1) is 9.66. The molecule has 0 unspecified atom stereocenters. The molecule has 0 fully saturated rings. The van der Waals surface area contributed by atoms with E-state index in [0.717, 1.165) is 5.56 Å². The molecule has 1 aromatic heterocycles. The van der Waals surface area contributed by atoms with Crippen molar-refractivity contribution >= 4 is 17.6 Å². The highest BCUT2D eigenvalue weighted by Crippen LogP contribution is 2.27. The minimum Gasteiger partial charge on any atom is -0.438 e. The summed E-state index contributed by atoms with van der Waals surface area (Å²) < 4.78 is 5.73. The number of ether oxygens (including phenoxy) is 1. The van der Waals surface area contributed by atoms with Crippen LogP contribution < -0.4 is 16.0 Å². The smallest absolute Gasteiger partial charge is 0.225 e. The molecule has 0 radical (unpaired) electrons. The molecule has 6 nitrogen and oxygen atoms in total. The highest BCUT2D eigenvalue weighted by molar-refractivity contribution is 7.98. The van der Waals surface area contributed by atoms with Gasteiger partial charge in [-0.15, -0.1) is 0 Å². The number of nitrogens with zero attached hydrogens (tertiary/aromatic N) is 3. The molecule has 0 saturated carbocycles. The summed E-state index contributed by atoms with van der Waals surface area (Å²) >= 11 is 1.38. The number of benzene rings is 1. The average molecular weight is 287 g/mol. The number of aromatic nitrogens is 2. The number of thioether (sulfide) groups is 1. The number of hydrogen-bond donors (Lipinski definition) is 2. The van der Waals surface area contributed by atoms with Gasteiger partial charge in [0.25, 0.3) is 0 Å². The number of hydrazine groups is 1. The van der Waals surface area contributed by atoms with E-state index in [9.17, 15) is 0 Å². The summed E-state index contributed by atoms with van der Waals surface area (Å²) in [6.07, 6.45) is 1.86. The van der Waals surface area contributed by atoms with Gasteiger partial charge >= 0.3 is 0 Å². The zero-order chi connectivity index (χ0) is 14.5. The summed E-state index contributed by atoms with van der Waals surface area (Å²) in [5.41, 5.74) is 3.91. The summed E-state index contributed by atoms with van der Waals surface area (Å²) in [4.78, 5) is 8.39. The number of hydrogen-bond acceptors (Lipinski definition) is 7. The Labute approximate surface area is 121 Å². The van der Waals surface area contributed by atoms with E-state index in [1.54, 1.807) is 18.2 Å². The summed E-state index contributed by atoms with van der Waals surface area (Å²) in [5, 5.41) is 9.47. The Bertz CT molecular complexity index is 646. The normalized spacial score (nSPS) is 9.90. The number of nitriles is 1. The molecule has 0 atom stereocenters. The molecule has 0 amide bonds. The van der Waals surface area contributed by atoms with Crippen molar-refractivity contribution in [3.05, 3.63) is 35.4 Å². The van der Waals surface area contributed by atoms with Gasteiger partial charge in [0.1, 0.15) is 11.6 Å². The monoisotopic (exact) mass is 287 g/mol. The van der Waals surface area contributed by atoms with E-state index in [-0.39, 0.29) is 0 Å². The molecule has 0 spiro atoms. The predicted molar refractivity (Wildman–Crippen MR) is 77.6 cm³/mol. The fraction of sp³-hybridized carbons (Fsp3) is 0.154. The van der Waals surface area contributed by atoms with Gasteiger partial charge in [0.05, 0.1) is 11.6 Å². The Balaban J connectivity index is 2.36. The Hall–Kier alpha value is -2.30. The first-order valence-corrected chi connectivity index (χ1v) is 6.97. The molecule has 3 N–H and O–H groups in total. The summed E-state index contributed by atoms with van der Waals surface area (Å²) in [7, 11) is 0. The van der Waals surface area contributed by atoms with Gasteiger partial charge in [-0.3, -0.25) is 0 Å². The van der Waals surface area contributed by atoms with Crippen LogP contribution in [0.2, 0.25) is 0 Å². The lowest BCUT2D eigenvalue weighted by atomic mass is 10.1. The van der Waals surface area contributed by atoms with Gasteiger partial charge in [-0.1, -0.05) is 17.8 Å². The maximum atomic E-state index is 8.92. The maximum absolute atomic E-state index is 8.92. The lowest BCUT2D eigenvalue weighted by Gasteiger charge is -2.10. The van der Waals surface area contributed by atoms with Crippen LogP contribution in [-0.2, 0) is 0 Å². The first kappa shape index (κ1) is 14.1. The number of nitrogens with two attached hydrogens (primary N) is 1. The molecule has 2 rings (SSSR count). The fourth-order valence-corrected chi connectivity index (χ4v) is 1.88. The van der Waals surface area contributed by atoms with Crippen molar-refractivity contribution in [3.8, 4) is 17.7 Å². The molecule has 0 aliphatic rings. The summed E-state index contributed by atoms with van der Waals surface area (Å²) in [5.74, 6) is 6.78. The number of nitrogens with one attached hydrogen (secondary N) is 1. The molecular formula is C13H13N5OS. The quantitative estimate of drug-likeness (QED) is 0.386. The SMILES string of the molecule is CSc1nc(NN)cc(Oc2cc(C#N)ccc2C)n1. The van der Waals surface area contributed by atoms with Crippen molar-refractivity contribution in [1.82, 2.24) is 9.97 Å². The van der Waals surface area contributed by atoms with Crippen LogP contribution in [0.3, 0.4) is 0 Å². The van der Waals surface area contributed by atoms with Crippen LogP contribution in [0.1, 0.15) is 11.1 Å². The van der Waals surface area contributed by atoms with Crippen molar-refractivity contribution in [2.75, 3.05) is 11.7 Å². The number of anilines is 1. The van der Waals surface area contributed by atoms with Gasteiger partial charge in [-0.2, -0.15) is 10.2 Å². The van der Waals surface area contributed by atoms with Crippen LogP contribution in [0.25, 0.3) is 0 Å². The molecule has 2 aromatic rings. The molecule has 1 aromatic carbocycles. The van der Waals surface area contributed by atoms with E-state index in [1.165, 1.54) is 11.8 Å². The lowest BCUT2D eigenvalue weighted by Crippen LogP contribution is -2.09. The molecule has 1 heterocycles. The first-order valence-electron chi connectivity index (χ1n) is 5.74. The molecule has 7 heteroatoms. The Morgan fingerprint density at radius 3 is 2.80 bits per heavy atom. The lowest BCUT2D eigenvalue weighted by molar-refractivity contribution is 0.452. The van der Waals surface area contributed by atoms with E-state index >= 15 is 0 Å². The highest BCUT2D eigenvalue weighted by Gasteiger charge is 2.08. The second-order valence-corrected chi connectivity index (χ2v) is 4.69. The summed E-state index contributed by atoms with van der Waals surface area (Å²) in [6, 6.07) is 8.91. The zero-order valence-electron chi connectivity index (χ0n) is 11.0. The van der Waals surface area contributed by atoms with E-state index in [0.29, 0.717) is 28.2 Å².